The van der Waals surface area contributed by atoms with Crippen molar-refractivity contribution in [3.63, 3.8) is 0 Å². The molecule has 0 spiro atoms. The van der Waals surface area contributed by atoms with Gasteiger partial charge < -0.3 is 14.6 Å². The Hall–Kier alpha value is -1.84. The Balaban J connectivity index is 1.58. The summed E-state index contributed by atoms with van der Waals surface area (Å²) in [6.07, 6.45) is 2.50. The summed E-state index contributed by atoms with van der Waals surface area (Å²) in [6.45, 7) is 5.71. The number of fused-ring (bicyclic) bond motifs is 2. The van der Waals surface area contributed by atoms with E-state index in [2.05, 4.69) is 20.6 Å². The largest absolute Gasteiger partial charge is 0.378 e. The zero-order valence-electron chi connectivity index (χ0n) is 13.2. The predicted octanol–water partition coefficient (Wildman–Crippen LogP) is -0.0309. The number of nitrogens with zero attached hydrogens (tertiary/aromatic N) is 6. The normalized spacial score (nSPS) is 30.0. The zero-order chi connectivity index (χ0) is 16.0. The smallest absolute Gasteiger partial charge is 0.192 e. The lowest BCUT2D eigenvalue weighted by Gasteiger charge is -2.34. The van der Waals surface area contributed by atoms with Crippen LogP contribution >= 0.6 is 0 Å². The lowest BCUT2D eigenvalue weighted by Crippen LogP contribution is -2.44. The molecule has 9 nitrogen and oxygen atoms in total. The van der Waals surface area contributed by atoms with E-state index in [1.807, 2.05) is 18.5 Å². The molecule has 0 amide bonds. The minimum absolute atomic E-state index is 0.0861. The Labute approximate surface area is 133 Å². The molecule has 0 saturated carbocycles. The average Bonchev–Trinajstić information content (AvgIpc) is 3.26. The number of hydrogen-bond donors (Lipinski definition) is 1. The van der Waals surface area contributed by atoms with E-state index in [9.17, 15) is 5.11 Å². The van der Waals surface area contributed by atoms with Crippen molar-refractivity contribution in [2.24, 2.45) is 0 Å². The predicted molar refractivity (Wildman–Crippen MR) is 77.3 cm³/mol. The molecule has 1 unspecified atom stereocenters. The van der Waals surface area contributed by atoms with Crippen LogP contribution in [0.1, 0.15) is 36.8 Å². The van der Waals surface area contributed by atoms with E-state index in [0.29, 0.717) is 25.3 Å². The molecular weight excluding hydrogens is 300 g/mol. The third-order valence-electron chi connectivity index (χ3n) is 4.61. The molecular formula is C14H20N6O3. The topological polar surface area (TPSA) is 100 Å². The second-order valence-electron chi connectivity index (χ2n) is 6.12. The van der Waals surface area contributed by atoms with Crippen LogP contribution in [0.5, 0.6) is 0 Å². The summed E-state index contributed by atoms with van der Waals surface area (Å²) < 4.78 is 14.7. The molecule has 2 aromatic rings. The number of rotatable bonds is 4. The van der Waals surface area contributed by atoms with Gasteiger partial charge in [-0.1, -0.05) is 10.4 Å². The molecule has 124 valence electrons. The van der Waals surface area contributed by atoms with Crippen LogP contribution < -0.4 is 0 Å². The first-order valence-corrected chi connectivity index (χ1v) is 7.89. The van der Waals surface area contributed by atoms with E-state index >= 15 is 0 Å². The van der Waals surface area contributed by atoms with Crippen LogP contribution in [0.4, 0.5) is 0 Å². The van der Waals surface area contributed by atoms with E-state index in [1.54, 1.807) is 10.9 Å². The Morgan fingerprint density at radius 3 is 3.09 bits per heavy atom. The van der Waals surface area contributed by atoms with Crippen molar-refractivity contribution >= 4 is 0 Å². The average molecular weight is 320 g/mol. The molecule has 23 heavy (non-hydrogen) atoms. The SMILES string of the molecule is CCn1nnc(C)c1Cn1cc(C2(O)CC[C@H]3CO[C@@H]2O3)nn1. The van der Waals surface area contributed by atoms with Gasteiger partial charge in [-0.2, -0.15) is 0 Å². The molecule has 3 atom stereocenters. The van der Waals surface area contributed by atoms with Crippen LogP contribution in [0, 0.1) is 6.92 Å². The van der Waals surface area contributed by atoms with E-state index in [4.69, 9.17) is 9.47 Å². The van der Waals surface area contributed by atoms with Crippen LogP contribution in [0.3, 0.4) is 0 Å². The fourth-order valence-electron chi connectivity index (χ4n) is 3.19. The highest BCUT2D eigenvalue weighted by molar-refractivity contribution is 5.13. The van der Waals surface area contributed by atoms with Crippen molar-refractivity contribution in [3.05, 3.63) is 23.3 Å². The maximum Gasteiger partial charge on any atom is 0.192 e. The summed E-state index contributed by atoms with van der Waals surface area (Å²) in [5, 5.41) is 27.4. The maximum atomic E-state index is 10.9. The van der Waals surface area contributed by atoms with Gasteiger partial charge in [0.05, 0.1) is 36.8 Å². The van der Waals surface area contributed by atoms with Gasteiger partial charge in [0.25, 0.3) is 0 Å². The quantitative estimate of drug-likeness (QED) is 0.844. The molecule has 0 aromatic carbocycles. The van der Waals surface area contributed by atoms with Crippen LogP contribution in [0.15, 0.2) is 6.20 Å². The Morgan fingerprint density at radius 2 is 2.26 bits per heavy atom. The monoisotopic (exact) mass is 320 g/mol. The van der Waals surface area contributed by atoms with Crippen molar-refractivity contribution in [2.75, 3.05) is 6.61 Å². The van der Waals surface area contributed by atoms with Crippen molar-refractivity contribution < 1.29 is 14.6 Å². The van der Waals surface area contributed by atoms with Gasteiger partial charge in [0.2, 0.25) is 0 Å². The van der Waals surface area contributed by atoms with Gasteiger partial charge >= 0.3 is 0 Å². The third kappa shape index (κ3) is 2.35. The molecule has 1 N–H and O–H groups in total. The summed E-state index contributed by atoms with van der Waals surface area (Å²) in [5.74, 6) is 0. The van der Waals surface area contributed by atoms with E-state index in [0.717, 1.165) is 24.4 Å². The van der Waals surface area contributed by atoms with Crippen LogP contribution in [-0.2, 0) is 28.2 Å². The Bertz CT molecular complexity index is 713. The molecule has 2 saturated heterocycles. The van der Waals surface area contributed by atoms with Gasteiger partial charge in [0.15, 0.2) is 11.9 Å². The second kappa shape index (κ2) is 5.36. The first kappa shape index (κ1) is 14.7. The third-order valence-corrected chi connectivity index (χ3v) is 4.61. The van der Waals surface area contributed by atoms with E-state index in [-0.39, 0.29) is 6.10 Å². The highest BCUT2D eigenvalue weighted by atomic mass is 16.7. The van der Waals surface area contributed by atoms with Crippen LogP contribution in [0.25, 0.3) is 0 Å². The first-order chi connectivity index (χ1) is 11.1. The molecule has 4 heterocycles. The van der Waals surface area contributed by atoms with Gasteiger partial charge in [0.1, 0.15) is 5.69 Å². The fourth-order valence-corrected chi connectivity index (χ4v) is 3.19. The molecule has 2 fully saturated rings. The van der Waals surface area contributed by atoms with Crippen molar-refractivity contribution in [1.82, 2.24) is 30.0 Å². The highest BCUT2D eigenvalue weighted by Crippen LogP contribution is 2.40. The Kier molecular flexibility index (Phi) is 3.43. The first-order valence-electron chi connectivity index (χ1n) is 7.89. The number of hydrogen-bond acceptors (Lipinski definition) is 7. The number of ether oxygens (including phenoxy) is 2. The molecule has 0 radical (unpaired) electrons. The summed E-state index contributed by atoms with van der Waals surface area (Å²) in [7, 11) is 0. The van der Waals surface area contributed by atoms with Gasteiger partial charge in [-0.05, 0) is 26.7 Å². The van der Waals surface area contributed by atoms with Crippen molar-refractivity contribution in [2.45, 2.75) is 57.8 Å². The summed E-state index contributed by atoms with van der Waals surface area (Å²) in [5.41, 5.74) is 1.10. The standard InChI is InChI=1S/C14H20N6O3/c1-3-20-11(9(2)15-18-20)6-19-7-12(16-17-19)14(21)5-4-10-8-22-13(14)23-10/h7,10,13,21H,3-6,8H2,1-2H3/t10-,13+,14?/m0/s1. The molecule has 9 heteroatoms. The number of aryl methyl sites for hydroxylation is 2. The van der Waals surface area contributed by atoms with E-state index in [1.165, 1.54) is 0 Å². The zero-order valence-corrected chi connectivity index (χ0v) is 13.2. The maximum absolute atomic E-state index is 10.9. The molecule has 2 aromatic heterocycles. The molecule has 2 aliphatic heterocycles. The summed E-state index contributed by atoms with van der Waals surface area (Å²) in [4.78, 5) is 0. The van der Waals surface area contributed by atoms with Gasteiger partial charge in [-0.25, -0.2) is 9.36 Å². The van der Waals surface area contributed by atoms with Gasteiger partial charge in [0, 0.05) is 6.54 Å². The van der Waals surface area contributed by atoms with Gasteiger partial charge in [-0.15, -0.1) is 10.2 Å². The van der Waals surface area contributed by atoms with Crippen LogP contribution in [-0.4, -0.2) is 54.1 Å². The minimum atomic E-state index is -1.23. The van der Waals surface area contributed by atoms with E-state index < -0.39 is 11.9 Å². The lowest BCUT2D eigenvalue weighted by molar-refractivity contribution is -0.219. The minimum Gasteiger partial charge on any atom is -0.378 e. The Morgan fingerprint density at radius 1 is 1.39 bits per heavy atom. The fraction of sp³-hybridized carbons (Fsp3) is 0.714. The number of aromatic nitrogens is 6. The molecule has 2 aliphatic rings. The van der Waals surface area contributed by atoms with Crippen molar-refractivity contribution in [3.8, 4) is 0 Å². The molecule has 0 aliphatic carbocycles. The van der Waals surface area contributed by atoms with Crippen LogP contribution in [0.2, 0.25) is 0 Å². The highest BCUT2D eigenvalue weighted by Gasteiger charge is 2.51. The molecule has 4 rings (SSSR count). The second-order valence-corrected chi connectivity index (χ2v) is 6.12. The lowest BCUT2D eigenvalue weighted by atomic mass is 9.90. The van der Waals surface area contributed by atoms with Crippen molar-refractivity contribution in [1.29, 1.82) is 0 Å². The summed E-state index contributed by atoms with van der Waals surface area (Å²) >= 11 is 0. The summed E-state index contributed by atoms with van der Waals surface area (Å²) in [6, 6.07) is 0. The molecule has 2 bridgehead atoms. The van der Waals surface area contributed by atoms with Gasteiger partial charge in [-0.3, -0.25) is 0 Å². The number of aliphatic hydroxyl groups is 1.